The van der Waals surface area contributed by atoms with Crippen molar-refractivity contribution in [2.45, 2.75) is 54.0 Å². The molecule has 0 unspecified atom stereocenters. The first-order valence-corrected chi connectivity index (χ1v) is 7.87. The minimum atomic E-state index is 0.559. The molecule has 0 amide bonds. The fourth-order valence-electron chi connectivity index (χ4n) is 2.70. The van der Waals surface area contributed by atoms with Crippen molar-refractivity contribution in [1.82, 2.24) is 9.55 Å². The predicted octanol–water partition coefficient (Wildman–Crippen LogP) is 4.36. The first-order valence-electron chi connectivity index (χ1n) is 7.87. The molecule has 3 nitrogen and oxygen atoms in total. The Morgan fingerprint density at radius 1 is 1.24 bits per heavy atom. The molecule has 0 saturated heterocycles. The summed E-state index contributed by atoms with van der Waals surface area (Å²) < 4.78 is 2.20. The van der Waals surface area contributed by atoms with Gasteiger partial charge in [-0.25, -0.2) is 4.98 Å². The van der Waals surface area contributed by atoms with Crippen molar-refractivity contribution in [1.29, 1.82) is 0 Å². The average Bonchev–Trinajstić information content (AvgIpc) is 2.71. The molecule has 0 bridgehead atoms. The Morgan fingerprint density at radius 2 is 1.95 bits per heavy atom. The molecule has 0 aliphatic carbocycles. The fourth-order valence-corrected chi connectivity index (χ4v) is 2.70. The van der Waals surface area contributed by atoms with E-state index in [-0.39, 0.29) is 0 Å². The van der Waals surface area contributed by atoms with Gasteiger partial charge in [-0.1, -0.05) is 39.0 Å². The highest BCUT2D eigenvalue weighted by molar-refractivity contribution is 5.74. The molecule has 3 heteroatoms. The lowest BCUT2D eigenvalue weighted by Gasteiger charge is -2.12. The van der Waals surface area contributed by atoms with Gasteiger partial charge in [0.1, 0.15) is 17.3 Å². The monoisotopic (exact) mass is 285 g/mol. The standard InChI is InChI=1S/C18H27N3/c1-6-8-16-20-17(18(19)21(16)11-12(2)3)15-10-7-9-13(4)14(15)5/h7,9-10,12H,6,8,11,19H2,1-5H3. The molecule has 0 spiro atoms. The van der Waals surface area contributed by atoms with E-state index in [4.69, 9.17) is 10.7 Å². The molecule has 0 radical (unpaired) electrons. The van der Waals surface area contributed by atoms with Crippen LogP contribution in [0.1, 0.15) is 44.1 Å². The molecule has 2 aromatic rings. The van der Waals surface area contributed by atoms with Crippen molar-refractivity contribution in [3.63, 3.8) is 0 Å². The number of benzene rings is 1. The molecule has 2 rings (SSSR count). The van der Waals surface area contributed by atoms with Gasteiger partial charge in [0.2, 0.25) is 0 Å². The van der Waals surface area contributed by atoms with Gasteiger partial charge in [-0.2, -0.15) is 0 Å². The summed E-state index contributed by atoms with van der Waals surface area (Å²) in [6.45, 7) is 11.8. The van der Waals surface area contributed by atoms with E-state index in [1.165, 1.54) is 11.1 Å². The summed E-state index contributed by atoms with van der Waals surface area (Å²) in [4.78, 5) is 4.86. The number of nitrogen functional groups attached to an aromatic ring is 1. The third kappa shape index (κ3) is 3.12. The maximum atomic E-state index is 6.43. The minimum absolute atomic E-state index is 0.559. The number of aryl methyl sites for hydroxylation is 2. The van der Waals surface area contributed by atoms with Crippen LogP contribution in [0.25, 0.3) is 11.3 Å². The van der Waals surface area contributed by atoms with Gasteiger partial charge in [0.25, 0.3) is 0 Å². The number of anilines is 1. The summed E-state index contributed by atoms with van der Waals surface area (Å²) in [7, 11) is 0. The van der Waals surface area contributed by atoms with E-state index in [9.17, 15) is 0 Å². The molecule has 0 atom stereocenters. The molecule has 2 N–H and O–H groups in total. The second-order valence-corrected chi connectivity index (χ2v) is 6.26. The Kier molecular flexibility index (Phi) is 4.71. The Bertz CT molecular complexity index is 624. The highest BCUT2D eigenvalue weighted by Crippen LogP contribution is 2.31. The van der Waals surface area contributed by atoms with Crippen molar-refractivity contribution in [3.05, 3.63) is 35.2 Å². The van der Waals surface area contributed by atoms with Gasteiger partial charge in [-0.15, -0.1) is 0 Å². The zero-order valence-corrected chi connectivity index (χ0v) is 13.9. The van der Waals surface area contributed by atoms with Crippen LogP contribution in [0.15, 0.2) is 18.2 Å². The molecule has 114 valence electrons. The van der Waals surface area contributed by atoms with Crippen LogP contribution in [-0.4, -0.2) is 9.55 Å². The second kappa shape index (κ2) is 6.33. The highest BCUT2D eigenvalue weighted by atomic mass is 15.1. The summed E-state index contributed by atoms with van der Waals surface area (Å²) in [5.74, 6) is 2.48. The molecule has 0 saturated carbocycles. The zero-order valence-electron chi connectivity index (χ0n) is 13.9. The lowest BCUT2D eigenvalue weighted by atomic mass is 10.0. The van der Waals surface area contributed by atoms with E-state index in [2.05, 4.69) is 57.4 Å². The second-order valence-electron chi connectivity index (χ2n) is 6.26. The quantitative estimate of drug-likeness (QED) is 0.887. The Balaban J connectivity index is 2.56. The Morgan fingerprint density at radius 3 is 2.57 bits per heavy atom. The summed E-state index contributed by atoms with van der Waals surface area (Å²) in [6, 6.07) is 6.33. The van der Waals surface area contributed by atoms with Crippen molar-refractivity contribution < 1.29 is 0 Å². The number of rotatable bonds is 5. The van der Waals surface area contributed by atoms with E-state index in [0.29, 0.717) is 5.92 Å². The molecule has 0 aliphatic heterocycles. The molecule has 0 fully saturated rings. The topological polar surface area (TPSA) is 43.8 Å². The van der Waals surface area contributed by atoms with Gasteiger partial charge in [0.05, 0.1) is 0 Å². The SMILES string of the molecule is CCCc1nc(-c2cccc(C)c2C)c(N)n1CC(C)C. The summed E-state index contributed by atoms with van der Waals surface area (Å²) >= 11 is 0. The van der Waals surface area contributed by atoms with Gasteiger partial charge < -0.3 is 10.3 Å². The summed E-state index contributed by atoms with van der Waals surface area (Å²) in [5.41, 5.74) is 11.1. The summed E-state index contributed by atoms with van der Waals surface area (Å²) in [6.07, 6.45) is 2.06. The third-order valence-corrected chi connectivity index (χ3v) is 3.97. The number of imidazole rings is 1. The number of aromatic nitrogens is 2. The summed E-state index contributed by atoms with van der Waals surface area (Å²) in [5, 5.41) is 0. The van der Waals surface area contributed by atoms with Crippen LogP contribution in [0.4, 0.5) is 5.82 Å². The van der Waals surface area contributed by atoms with Gasteiger partial charge >= 0.3 is 0 Å². The van der Waals surface area contributed by atoms with Crippen LogP contribution in [0.5, 0.6) is 0 Å². The maximum absolute atomic E-state index is 6.43. The maximum Gasteiger partial charge on any atom is 0.131 e. The molecule has 1 aromatic carbocycles. The zero-order chi connectivity index (χ0) is 15.6. The van der Waals surface area contributed by atoms with Crippen molar-refractivity contribution in [2.24, 2.45) is 5.92 Å². The van der Waals surface area contributed by atoms with Gasteiger partial charge in [0, 0.05) is 18.5 Å². The van der Waals surface area contributed by atoms with E-state index < -0.39 is 0 Å². The third-order valence-electron chi connectivity index (χ3n) is 3.97. The fraction of sp³-hybridized carbons (Fsp3) is 0.500. The first kappa shape index (κ1) is 15.6. The molecule has 0 aliphatic rings. The van der Waals surface area contributed by atoms with E-state index in [1.807, 2.05) is 0 Å². The van der Waals surface area contributed by atoms with Crippen LogP contribution >= 0.6 is 0 Å². The Hall–Kier alpha value is -1.77. The molecule has 1 heterocycles. The van der Waals surface area contributed by atoms with Crippen molar-refractivity contribution in [2.75, 3.05) is 5.73 Å². The average molecular weight is 285 g/mol. The van der Waals surface area contributed by atoms with E-state index in [0.717, 1.165) is 42.3 Å². The van der Waals surface area contributed by atoms with Crippen LogP contribution in [0.3, 0.4) is 0 Å². The van der Waals surface area contributed by atoms with Gasteiger partial charge in [0.15, 0.2) is 0 Å². The van der Waals surface area contributed by atoms with Gasteiger partial charge in [-0.05, 0) is 37.3 Å². The van der Waals surface area contributed by atoms with Crippen LogP contribution in [0.2, 0.25) is 0 Å². The smallest absolute Gasteiger partial charge is 0.131 e. The largest absolute Gasteiger partial charge is 0.383 e. The first-order chi connectivity index (χ1) is 9.95. The predicted molar refractivity (Wildman–Crippen MR) is 90.4 cm³/mol. The van der Waals surface area contributed by atoms with E-state index in [1.54, 1.807) is 0 Å². The molecule has 1 aromatic heterocycles. The lowest BCUT2D eigenvalue weighted by molar-refractivity contribution is 0.510. The molecule has 21 heavy (non-hydrogen) atoms. The number of nitrogens with zero attached hydrogens (tertiary/aromatic N) is 2. The minimum Gasteiger partial charge on any atom is -0.383 e. The van der Waals surface area contributed by atoms with Crippen LogP contribution < -0.4 is 5.73 Å². The lowest BCUT2D eigenvalue weighted by Crippen LogP contribution is -2.11. The number of hydrogen-bond acceptors (Lipinski definition) is 2. The normalized spacial score (nSPS) is 11.3. The van der Waals surface area contributed by atoms with Gasteiger partial charge in [-0.3, -0.25) is 0 Å². The number of hydrogen-bond donors (Lipinski definition) is 1. The van der Waals surface area contributed by atoms with Crippen LogP contribution in [0, 0.1) is 19.8 Å². The van der Waals surface area contributed by atoms with Crippen LogP contribution in [-0.2, 0) is 13.0 Å². The van der Waals surface area contributed by atoms with Crippen molar-refractivity contribution >= 4 is 5.82 Å². The Labute approximate surface area is 128 Å². The highest BCUT2D eigenvalue weighted by Gasteiger charge is 2.18. The van der Waals surface area contributed by atoms with Crippen molar-refractivity contribution in [3.8, 4) is 11.3 Å². The number of nitrogens with two attached hydrogens (primary N) is 1. The molecular weight excluding hydrogens is 258 g/mol. The molecular formula is C18H27N3. The van der Waals surface area contributed by atoms with E-state index >= 15 is 0 Å².